The second kappa shape index (κ2) is 4.18. The molecule has 1 atom stereocenters. The predicted octanol–water partition coefficient (Wildman–Crippen LogP) is 1.69. The van der Waals surface area contributed by atoms with E-state index in [1.807, 2.05) is 4.72 Å². The van der Waals surface area contributed by atoms with Crippen molar-refractivity contribution in [1.29, 1.82) is 0 Å². The first-order chi connectivity index (χ1) is 5.59. The van der Waals surface area contributed by atoms with Crippen molar-refractivity contribution in [3.05, 3.63) is 0 Å². The van der Waals surface area contributed by atoms with Crippen molar-refractivity contribution in [2.45, 2.75) is 36.9 Å². The third kappa shape index (κ3) is 3.86. The first-order valence-corrected chi connectivity index (χ1v) is 6.01. The van der Waals surface area contributed by atoms with Crippen LogP contribution in [-0.4, -0.2) is 24.5 Å². The summed E-state index contributed by atoms with van der Waals surface area (Å²) in [5.41, 5.74) is -0.935. The molecule has 0 aliphatic rings. The Labute approximate surface area is 85.1 Å². The van der Waals surface area contributed by atoms with Crippen LogP contribution in [0.15, 0.2) is 0 Å². The second-order valence-corrected chi connectivity index (χ2v) is 6.27. The van der Waals surface area contributed by atoms with Crippen molar-refractivity contribution in [2.75, 3.05) is 0 Å². The van der Waals surface area contributed by atoms with Gasteiger partial charge in [-0.05, 0) is 13.8 Å². The van der Waals surface area contributed by atoms with Crippen LogP contribution in [0.3, 0.4) is 0 Å². The minimum atomic E-state index is -4.51. The highest BCUT2D eigenvalue weighted by molar-refractivity contribution is 9.09. The van der Waals surface area contributed by atoms with Crippen LogP contribution in [0.5, 0.6) is 0 Å². The Kier molecular flexibility index (Phi) is 4.26. The van der Waals surface area contributed by atoms with Crippen molar-refractivity contribution < 1.29 is 17.2 Å². The number of hydrogen-bond donors (Lipinski definition) is 1. The zero-order valence-corrected chi connectivity index (χ0v) is 9.92. The zero-order chi connectivity index (χ0) is 10.9. The zero-order valence-electron chi connectivity index (χ0n) is 7.51. The van der Waals surface area contributed by atoms with Crippen LogP contribution in [0.2, 0.25) is 0 Å². The fraction of sp³-hybridized carbons (Fsp3) is 1.00. The standard InChI is InChI=1S/C6H12BrF2NO2S/c1-4(7)6(2,3)10-13(11,12)5(8)9/h4-5,10H,1-3H3. The Morgan fingerprint density at radius 3 is 2.00 bits per heavy atom. The van der Waals surface area contributed by atoms with Crippen LogP contribution >= 0.6 is 15.9 Å². The maximum Gasteiger partial charge on any atom is 0.350 e. The van der Waals surface area contributed by atoms with Gasteiger partial charge in [0.25, 0.3) is 10.0 Å². The van der Waals surface area contributed by atoms with Crippen molar-refractivity contribution >= 4 is 26.0 Å². The molecule has 0 aromatic heterocycles. The normalized spacial score (nSPS) is 16.2. The van der Waals surface area contributed by atoms with Crippen LogP contribution in [0, 0.1) is 0 Å². The molecule has 0 aromatic rings. The van der Waals surface area contributed by atoms with Gasteiger partial charge in [-0.3, -0.25) is 0 Å². The number of hydrogen-bond acceptors (Lipinski definition) is 2. The molecule has 0 fully saturated rings. The van der Waals surface area contributed by atoms with Crippen LogP contribution < -0.4 is 4.72 Å². The van der Waals surface area contributed by atoms with Crippen molar-refractivity contribution in [3.8, 4) is 0 Å². The number of nitrogens with one attached hydrogen (secondary N) is 1. The molecule has 0 rings (SSSR count). The van der Waals surface area contributed by atoms with E-state index in [0.717, 1.165) is 0 Å². The fourth-order valence-corrected chi connectivity index (χ4v) is 1.76. The lowest BCUT2D eigenvalue weighted by atomic mass is 10.0. The van der Waals surface area contributed by atoms with Gasteiger partial charge in [-0.2, -0.15) is 8.78 Å². The molecule has 1 unspecified atom stereocenters. The molecule has 1 N–H and O–H groups in total. The van der Waals surface area contributed by atoms with Gasteiger partial charge in [-0.25, -0.2) is 13.1 Å². The van der Waals surface area contributed by atoms with Crippen molar-refractivity contribution in [1.82, 2.24) is 4.72 Å². The predicted molar refractivity (Wildman–Crippen MR) is 50.5 cm³/mol. The summed E-state index contributed by atoms with van der Waals surface area (Å²) in [5.74, 6) is -3.39. The van der Waals surface area contributed by atoms with E-state index in [9.17, 15) is 17.2 Å². The lowest BCUT2D eigenvalue weighted by Gasteiger charge is -2.28. The van der Waals surface area contributed by atoms with Gasteiger partial charge in [0.2, 0.25) is 0 Å². The molecule has 0 aromatic carbocycles. The average Bonchev–Trinajstić information content (AvgIpc) is 1.83. The van der Waals surface area contributed by atoms with Crippen LogP contribution in [0.4, 0.5) is 8.78 Å². The molecule has 0 radical (unpaired) electrons. The molecule has 7 heteroatoms. The Bertz CT molecular complexity index is 264. The highest BCUT2D eigenvalue weighted by Crippen LogP contribution is 2.19. The molecule has 80 valence electrons. The maximum absolute atomic E-state index is 11.9. The minimum Gasteiger partial charge on any atom is -0.206 e. The summed E-state index contributed by atoms with van der Waals surface area (Å²) in [4.78, 5) is -0.242. The monoisotopic (exact) mass is 279 g/mol. The van der Waals surface area contributed by atoms with E-state index in [1.54, 1.807) is 6.92 Å². The summed E-state index contributed by atoms with van der Waals surface area (Å²) in [7, 11) is -4.51. The van der Waals surface area contributed by atoms with Crippen molar-refractivity contribution in [2.24, 2.45) is 0 Å². The third-order valence-corrected chi connectivity index (χ3v) is 4.06. The molecule has 0 aliphatic carbocycles. The topological polar surface area (TPSA) is 46.2 Å². The molecule has 3 nitrogen and oxygen atoms in total. The average molecular weight is 280 g/mol. The Balaban J connectivity index is 4.63. The summed E-state index contributed by atoms with van der Waals surface area (Å²) >= 11 is 3.13. The number of rotatable bonds is 4. The van der Waals surface area contributed by atoms with Crippen molar-refractivity contribution in [3.63, 3.8) is 0 Å². The van der Waals surface area contributed by atoms with E-state index in [0.29, 0.717) is 0 Å². The molecule has 0 heterocycles. The summed E-state index contributed by atoms with van der Waals surface area (Å²) < 4.78 is 47.3. The second-order valence-electron chi connectivity index (χ2n) is 3.25. The van der Waals surface area contributed by atoms with Crippen LogP contribution in [0.25, 0.3) is 0 Å². The quantitative estimate of drug-likeness (QED) is 0.796. The first-order valence-electron chi connectivity index (χ1n) is 3.54. The molecule has 0 spiro atoms. The van der Waals surface area contributed by atoms with Gasteiger partial charge >= 0.3 is 5.76 Å². The Morgan fingerprint density at radius 2 is 1.77 bits per heavy atom. The SMILES string of the molecule is CC(Br)C(C)(C)NS(=O)(=O)C(F)F. The van der Waals surface area contributed by atoms with Gasteiger partial charge in [0, 0.05) is 10.4 Å². The number of halogens is 3. The smallest absolute Gasteiger partial charge is 0.206 e. The lowest BCUT2D eigenvalue weighted by molar-refractivity contribution is 0.229. The number of alkyl halides is 3. The van der Waals surface area contributed by atoms with E-state index in [1.165, 1.54) is 13.8 Å². The first kappa shape index (κ1) is 13.2. The largest absolute Gasteiger partial charge is 0.350 e. The highest BCUT2D eigenvalue weighted by atomic mass is 79.9. The van der Waals surface area contributed by atoms with E-state index in [-0.39, 0.29) is 4.83 Å². The number of sulfonamides is 1. The molecule has 0 bridgehead atoms. The van der Waals surface area contributed by atoms with Crippen LogP contribution in [0.1, 0.15) is 20.8 Å². The van der Waals surface area contributed by atoms with Gasteiger partial charge in [0.1, 0.15) is 0 Å². The lowest BCUT2D eigenvalue weighted by Crippen LogP contribution is -2.50. The van der Waals surface area contributed by atoms with E-state index in [4.69, 9.17) is 0 Å². The van der Waals surface area contributed by atoms with Gasteiger partial charge in [0.05, 0.1) is 0 Å². The molecule has 0 aliphatic heterocycles. The van der Waals surface area contributed by atoms with E-state index >= 15 is 0 Å². The molecular weight excluding hydrogens is 268 g/mol. The van der Waals surface area contributed by atoms with Gasteiger partial charge in [-0.1, -0.05) is 22.9 Å². The molecule has 0 saturated carbocycles. The van der Waals surface area contributed by atoms with Crippen LogP contribution in [-0.2, 0) is 10.0 Å². The summed E-state index contributed by atoms with van der Waals surface area (Å²) in [6, 6.07) is 0. The van der Waals surface area contributed by atoms with Gasteiger partial charge in [-0.15, -0.1) is 0 Å². The summed E-state index contributed by atoms with van der Waals surface area (Å²) in [6.45, 7) is 4.71. The maximum atomic E-state index is 11.9. The summed E-state index contributed by atoms with van der Waals surface area (Å²) in [6.07, 6.45) is 0. The summed E-state index contributed by atoms with van der Waals surface area (Å²) in [5, 5.41) is 0. The minimum absolute atomic E-state index is 0.242. The van der Waals surface area contributed by atoms with E-state index < -0.39 is 21.3 Å². The Morgan fingerprint density at radius 1 is 1.38 bits per heavy atom. The Hall–Kier alpha value is 0.250. The molecular formula is C6H12BrF2NO2S. The van der Waals surface area contributed by atoms with E-state index in [2.05, 4.69) is 15.9 Å². The fourth-order valence-electron chi connectivity index (χ4n) is 0.492. The third-order valence-electron chi connectivity index (χ3n) is 1.63. The molecule has 0 amide bonds. The molecule has 13 heavy (non-hydrogen) atoms. The van der Waals surface area contributed by atoms with Gasteiger partial charge in [0.15, 0.2) is 0 Å². The molecule has 0 saturated heterocycles. The van der Waals surface area contributed by atoms with Gasteiger partial charge < -0.3 is 0 Å². The highest BCUT2D eigenvalue weighted by Gasteiger charge is 2.34.